The summed E-state index contributed by atoms with van der Waals surface area (Å²) in [5, 5.41) is 7.55. The minimum Gasteiger partial charge on any atom is -0.357 e. The molecular formula is C16H34N4S. The van der Waals surface area contributed by atoms with Crippen LogP contribution < -0.4 is 10.6 Å². The number of aliphatic imine (C=N–C) groups is 1. The van der Waals surface area contributed by atoms with Gasteiger partial charge in [0.05, 0.1) is 6.54 Å². The second-order valence-corrected chi connectivity index (χ2v) is 6.92. The van der Waals surface area contributed by atoms with E-state index in [1.165, 1.54) is 38.0 Å². The van der Waals surface area contributed by atoms with Crippen molar-refractivity contribution in [2.75, 3.05) is 45.0 Å². The summed E-state index contributed by atoms with van der Waals surface area (Å²) in [4.78, 5) is 7.21. The van der Waals surface area contributed by atoms with Crippen molar-refractivity contribution in [1.82, 2.24) is 15.5 Å². The summed E-state index contributed by atoms with van der Waals surface area (Å²) in [5.74, 6) is 2.31. The van der Waals surface area contributed by atoms with Crippen LogP contribution in [0.4, 0.5) is 0 Å². The fourth-order valence-electron chi connectivity index (χ4n) is 2.53. The van der Waals surface area contributed by atoms with Crippen LogP contribution in [0.2, 0.25) is 0 Å². The number of thioether (sulfide) groups is 1. The van der Waals surface area contributed by atoms with Crippen molar-refractivity contribution >= 4 is 17.7 Å². The molecule has 21 heavy (non-hydrogen) atoms. The van der Waals surface area contributed by atoms with Crippen molar-refractivity contribution in [3.8, 4) is 0 Å². The second-order valence-electron chi connectivity index (χ2n) is 5.52. The average molecular weight is 315 g/mol. The van der Waals surface area contributed by atoms with Gasteiger partial charge in [-0.25, -0.2) is 0 Å². The van der Waals surface area contributed by atoms with Gasteiger partial charge in [0, 0.05) is 18.3 Å². The highest BCUT2D eigenvalue weighted by Crippen LogP contribution is 2.25. The van der Waals surface area contributed by atoms with Gasteiger partial charge in [-0.15, -0.1) is 0 Å². The van der Waals surface area contributed by atoms with Gasteiger partial charge < -0.3 is 15.5 Å². The molecule has 2 N–H and O–H groups in total. The molecule has 1 saturated heterocycles. The molecule has 0 radical (unpaired) electrons. The smallest absolute Gasteiger partial charge is 0.191 e. The van der Waals surface area contributed by atoms with Crippen LogP contribution in [0.1, 0.15) is 46.5 Å². The zero-order valence-electron chi connectivity index (χ0n) is 14.2. The van der Waals surface area contributed by atoms with E-state index in [4.69, 9.17) is 4.99 Å². The largest absolute Gasteiger partial charge is 0.357 e. The maximum Gasteiger partial charge on any atom is 0.191 e. The molecule has 124 valence electrons. The molecule has 0 aromatic carbocycles. The van der Waals surface area contributed by atoms with Crippen molar-refractivity contribution in [2.24, 2.45) is 4.99 Å². The SMILES string of the molecule is CCNC(=NCC1CCCS1)NCCCCN(CC)CC. The standard InChI is InChI=1S/C16H34N4S/c1-4-17-16(19-14-15-10-9-13-21-15)18-11-7-8-12-20(5-2)6-3/h15H,4-14H2,1-3H3,(H2,17,18,19). The van der Waals surface area contributed by atoms with Gasteiger partial charge in [0.25, 0.3) is 0 Å². The molecule has 1 atom stereocenters. The Balaban J connectivity index is 2.16. The summed E-state index contributed by atoms with van der Waals surface area (Å²) in [5.41, 5.74) is 0. The van der Waals surface area contributed by atoms with Crippen LogP contribution in [0.3, 0.4) is 0 Å². The van der Waals surface area contributed by atoms with Gasteiger partial charge >= 0.3 is 0 Å². The van der Waals surface area contributed by atoms with Crippen LogP contribution in [0.15, 0.2) is 4.99 Å². The molecule has 1 unspecified atom stereocenters. The maximum absolute atomic E-state index is 4.72. The first kappa shape index (κ1) is 18.6. The van der Waals surface area contributed by atoms with E-state index in [9.17, 15) is 0 Å². The first-order chi connectivity index (χ1) is 10.3. The van der Waals surface area contributed by atoms with Crippen LogP contribution in [-0.2, 0) is 0 Å². The van der Waals surface area contributed by atoms with E-state index in [0.717, 1.165) is 43.9 Å². The van der Waals surface area contributed by atoms with Gasteiger partial charge in [0.15, 0.2) is 5.96 Å². The van der Waals surface area contributed by atoms with Crippen LogP contribution in [0.25, 0.3) is 0 Å². The summed E-state index contributed by atoms with van der Waals surface area (Å²) in [6.45, 7) is 13.0. The number of hydrogen-bond donors (Lipinski definition) is 2. The molecule has 1 aliphatic rings. The lowest BCUT2D eigenvalue weighted by Gasteiger charge is -2.18. The number of hydrogen-bond acceptors (Lipinski definition) is 3. The summed E-state index contributed by atoms with van der Waals surface area (Å²) in [6, 6.07) is 0. The molecule has 1 fully saturated rings. The lowest BCUT2D eigenvalue weighted by molar-refractivity contribution is 0.297. The van der Waals surface area contributed by atoms with Gasteiger partial charge in [0.2, 0.25) is 0 Å². The van der Waals surface area contributed by atoms with Crippen molar-refractivity contribution in [1.29, 1.82) is 0 Å². The van der Waals surface area contributed by atoms with Gasteiger partial charge in [-0.05, 0) is 58.0 Å². The van der Waals surface area contributed by atoms with Crippen LogP contribution in [0.5, 0.6) is 0 Å². The van der Waals surface area contributed by atoms with Crippen LogP contribution in [0, 0.1) is 0 Å². The summed E-state index contributed by atoms with van der Waals surface area (Å²) >= 11 is 2.07. The Morgan fingerprint density at radius 2 is 2.00 bits per heavy atom. The molecule has 0 amide bonds. The Morgan fingerprint density at radius 3 is 2.62 bits per heavy atom. The highest BCUT2D eigenvalue weighted by Gasteiger charge is 2.14. The third-order valence-electron chi connectivity index (χ3n) is 3.91. The van der Waals surface area contributed by atoms with E-state index in [2.05, 4.69) is 48.1 Å². The molecule has 0 aliphatic carbocycles. The predicted molar refractivity (Wildman–Crippen MR) is 96.5 cm³/mol. The molecular weight excluding hydrogens is 280 g/mol. The fraction of sp³-hybridized carbons (Fsp3) is 0.938. The molecule has 0 bridgehead atoms. The quantitative estimate of drug-likeness (QED) is 0.369. The molecule has 5 heteroatoms. The Bertz CT molecular complexity index is 273. The number of guanidine groups is 1. The molecule has 4 nitrogen and oxygen atoms in total. The summed E-state index contributed by atoms with van der Waals surface area (Å²) in [6.07, 6.45) is 5.16. The van der Waals surface area contributed by atoms with E-state index in [1.807, 2.05) is 0 Å². The predicted octanol–water partition coefficient (Wildman–Crippen LogP) is 2.56. The number of rotatable bonds is 10. The van der Waals surface area contributed by atoms with E-state index in [0.29, 0.717) is 0 Å². The number of nitrogens with one attached hydrogen (secondary N) is 2. The summed E-state index contributed by atoms with van der Waals surface area (Å²) < 4.78 is 0. The summed E-state index contributed by atoms with van der Waals surface area (Å²) in [7, 11) is 0. The van der Waals surface area contributed by atoms with Crippen molar-refractivity contribution in [3.63, 3.8) is 0 Å². The Morgan fingerprint density at radius 1 is 1.19 bits per heavy atom. The Labute approximate surface area is 135 Å². The van der Waals surface area contributed by atoms with E-state index < -0.39 is 0 Å². The molecule has 0 saturated carbocycles. The lowest BCUT2D eigenvalue weighted by Crippen LogP contribution is -2.38. The van der Waals surface area contributed by atoms with Crippen molar-refractivity contribution < 1.29 is 0 Å². The van der Waals surface area contributed by atoms with Crippen LogP contribution in [-0.4, -0.2) is 61.1 Å². The monoisotopic (exact) mass is 314 g/mol. The van der Waals surface area contributed by atoms with E-state index in [1.54, 1.807) is 0 Å². The van der Waals surface area contributed by atoms with Gasteiger partial charge in [0.1, 0.15) is 0 Å². The van der Waals surface area contributed by atoms with Gasteiger partial charge in [-0.1, -0.05) is 13.8 Å². The normalized spacial score (nSPS) is 19.2. The zero-order chi connectivity index (χ0) is 15.3. The van der Waals surface area contributed by atoms with E-state index >= 15 is 0 Å². The molecule has 1 aliphatic heterocycles. The molecule has 0 aromatic heterocycles. The average Bonchev–Trinajstić information content (AvgIpc) is 3.01. The van der Waals surface area contributed by atoms with Gasteiger partial charge in [-0.3, -0.25) is 4.99 Å². The highest BCUT2D eigenvalue weighted by atomic mass is 32.2. The van der Waals surface area contributed by atoms with Gasteiger partial charge in [-0.2, -0.15) is 11.8 Å². The molecule has 0 aromatic rings. The number of unbranched alkanes of at least 4 members (excludes halogenated alkanes) is 1. The van der Waals surface area contributed by atoms with E-state index in [-0.39, 0.29) is 0 Å². The first-order valence-electron chi connectivity index (χ1n) is 8.66. The first-order valence-corrected chi connectivity index (χ1v) is 9.71. The number of nitrogens with zero attached hydrogens (tertiary/aromatic N) is 2. The zero-order valence-corrected chi connectivity index (χ0v) is 15.0. The topological polar surface area (TPSA) is 39.7 Å². The minimum atomic E-state index is 0.739. The van der Waals surface area contributed by atoms with Crippen molar-refractivity contribution in [3.05, 3.63) is 0 Å². The molecule has 0 spiro atoms. The molecule has 1 heterocycles. The lowest BCUT2D eigenvalue weighted by atomic mass is 10.2. The highest BCUT2D eigenvalue weighted by molar-refractivity contribution is 8.00. The van der Waals surface area contributed by atoms with Crippen LogP contribution >= 0.6 is 11.8 Å². The Hall–Kier alpha value is -0.420. The third kappa shape index (κ3) is 8.57. The second kappa shape index (κ2) is 12.2. The minimum absolute atomic E-state index is 0.739. The third-order valence-corrected chi connectivity index (χ3v) is 5.29. The Kier molecular flexibility index (Phi) is 10.8. The fourth-order valence-corrected chi connectivity index (χ4v) is 3.71. The maximum atomic E-state index is 4.72. The van der Waals surface area contributed by atoms with Crippen molar-refractivity contribution in [2.45, 2.75) is 51.7 Å². The molecule has 1 rings (SSSR count).